The first kappa shape index (κ1) is 19.6. The number of para-hydroxylation sites is 1. The minimum absolute atomic E-state index is 0.0760. The highest BCUT2D eigenvalue weighted by Crippen LogP contribution is 2.25. The van der Waals surface area contributed by atoms with E-state index in [1.54, 1.807) is 19.9 Å². The highest BCUT2D eigenvalue weighted by Gasteiger charge is 2.41. The van der Waals surface area contributed by atoms with E-state index in [2.05, 4.69) is 22.1 Å². The second-order valence-electron chi connectivity index (χ2n) is 6.44. The molecular formula is C22H22N2O4. The highest BCUT2D eigenvalue weighted by molar-refractivity contribution is 5.97. The van der Waals surface area contributed by atoms with Crippen LogP contribution in [-0.4, -0.2) is 36.2 Å². The van der Waals surface area contributed by atoms with E-state index in [4.69, 9.17) is 9.47 Å². The maximum atomic E-state index is 12.6. The van der Waals surface area contributed by atoms with Crippen LogP contribution in [0.15, 0.2) is 42.0 Å². The number of hydrogen-bond acceptors (Lipinski definition) is 5. The number of rotatable bonds is 5. The number of amides is 1. The third-order valence-electron chi connectivity index (χ3n) is 4.78. The molecule has 1 aromatic heterocycles. The Bertz CT molecular complexity index is 1010. The first-order valence-electron chi connectivity index (χ1n) is 9.06. The van der Waals surface area contributed by atoms with Crippen LogP contribution in [0.2, 0.25) is 0 Å². The molecule has 1 atom stereocenters. The summed E-state index contributed by atoms with van der Waals surface area (Å²) in [5.74, 6) is 5.06. The predicted molar refractivity (Wildman–Crippen MR) is 105 cm³/mol. The van der Waals surface area contributed by atoms with Gasteiger partial charge in [-0.25, -0.2) is 9.78 Å². The largest absolute Gasteiger partial charge is 0.458 e. The minimum atomic E-state index is -1.21. The first-order chi connectivity index (χ1) is 13.5. The van der Waals surface area contributed by atoms with Gasteiger partial charge in [0.1, 0.15) is 12.3 Å². The molecule has 1 aromatic carbocycles. The Morgan fingerprint density at radius 1 is 1.39 bits per heavy atom. The number of carbonyl (C=O) groups is 2. The number of ether oxygens (including phenoxy) is 2. The van der Waals surface area contributed by atoms with Crippen molar-refractivity contribution >= 4 is 22.8 Å². The molecule has 0 aliphatic carbocycles. The van der Waals surface area contributed by atoms with Gasteiger partial charge < -0.3 is 14.8 Å². The van der Waals surface area contributed by atoms with Gasteiger partial charge in [-0.1, -0.05) is 31.0 Å². The molecule has 28 heavy (non-hydrogen) atoms. The number of esters is 1. The number of fused-ring (bicyclic) bond motifs is 1. The van der Waals surface area contributed by atoms with Gasteiger partial charge >= 0.3 is 5.97 Å². The summed E-state index contributed by atoms with van der Waals surface area (Å²) in [6.07, 6.45) is 1.93. The number of methoxy groups -OCH3 is 1. The summed E-state index contributed by atoms with van der Waals surface area (Å²) in [6.45, 7) is 3.74. The second kappa shape index (κ2) is 8.24. The topological polar surface area (TPSA) is 77.5 Å². The van der Waals surface area contributed by atoms with Crippen LogP contribution in [0.1, 0.15) is 31.5 Å². The van der Waals surface area contributed by atoms with Crippen molar-refractivity contribution in [2.75, 3.05) is 13.7 Å². The molecule has 1 amide bonds. The molecule has 1 aliphatic heterocycles. The Morgan fingerprint density at radius 2 is 2.18 bits per heavy atom. The molecule has 0 radical (unpaired) electrons. The average Bonchev–Trinajstić information content (AvgIpc) is 2.72. The number of benzene rings is 1. The second-order valence-corrected chi connectivity index (χ2v) is 6.44. The maximum Gasteiger partial charge on any atom is 0.342 e. The van der Waals surface area contributed by atoms with E-state index in [0.717, 1.165) is 16.5 Å². The number of carbonyl (C=O) groups excluding carboxylic acids is 2. The van der Waals surface area contributed by atoms with Crippen molar-refractivity contribution in [1.29, 1.82) is 0 Å². The molecule has 1 aliphatic rings. The van der Waals surface area contributed by atoms with E-state index in [9.17, 15) is 9.59 Å². The Morgan fingerprint density at radius 3 is 2.89 bits per heavy atom. The summed E-state index contributed by atoms with van der Waals surface area (Å²) in [5, 5.41) is 3.85. The lowest BCUT2D eigenvalue weighted by atomic mass is 9.95. The summed E-state index contributed by atoms with van der Waals surface area (Å²) in [4.78, 5) is 29.3. The van der Waals surface area contributed by atoms with Crippen LogP contribution in [0.3, 0.4) is 0 Å². The summed E-state index contributed by atoms with van der Waals surface area (Å²) in [5.41, 5.74) is 1.45. The molecular weight excluding hydrogens is 356 g/mol. The molecule has 0 saturated heterocycles. The molecule has 0 fully saturated rings. The van der Waals surface area contributed by atoms with Crippen LogP contribution in [0, 0.1) is 11.8 Å². The van der Waals surface area contributed by atoms with Gasteiger partial charge in [-0.15, -0.1) is 0 Å². The Labute approximate surface area is 163 Å². The standard InChI is InChI=1S/C22H22N2O4/c1-4-8-18-16(11-15-9-6-7-10-19(15)24-18)13-23-20(25)17-12-22(5-2,27-3)21(26)28-14-17/h6-7,9-12H,5,13-14H2,1-3H3,(H,23,25)/t22-/m0/s1. The lowest BCUT2D eigenvalue weighted by Crippen LogP contribution is -2.45. The lowest BCUT2D eigenvalue weighted by molar-refractivity contribution is -0.165. The van der Waals surface area contributed by atoms with Gasteiger partial charge in [0.25, 0.3) is 5.91 Å². The number of nitrogens with zero attached hydrogens (tertiary/aromatic N) is 1. The minimum Gasteiger partial charge on any atom is -0.458 e. The third kappa shape index (κ3) is 3.75. The summed E-state index contributed by atoms with van der Waals surface area (Å²) in [7, 11) is 1.43. The van der Waals surface area contributed by atoms with Crippen molar-refractivity contribution in [2.45, 2.75) is 32.4 Å². The van der Waals surface area contributed by atoms with Crippen molar-refractivity contribution in [2.24, 2.45) is 0 Å². The lowest BCUT2D eigenvalue weighted by Gasteiger charge is -2.30. The fourth-order valence-corrected chi connectivity index (χ4v) is 3.12. The summed E-state index contributed by atoms with van der Waals surface area (Å²) >= 11 is 0. The normalized spacial score (nSPS) is 18.7. The molecule has 2 heterocycles. The van der Waals surface area contributed by atoms with Crippen LogP contribution in [-0.2, 0) is 25.6 Å². The molecule has 0 bridgehead atoms. The molecule has 0 spiro atoms. The predicted octanol–water partition coefficient (Wildman–Crippen LogP) is 2.50. The molecule has 2 aromatic rings. The highest BCUT2D eigenvalue weighted by atomic mass is 16.6. The van der Waals surface area contributed by atoms with Crippen LogP contribution in [0.4, 0.5) is 0 Å². The van der Waals surface area contributed by atoms with E-state index in [1.165, 1.54) is 7.11 Å². The van der Waals surface area contributed by atoms with E-state index in [0.29, 0.717) is 17.7 Å². The smallest absolute Gasteiger partial charge is 0.342 e. The summed E-state index contributed by atoms with van der Waals surface area (Å²) < 4.78 is 10.5. The molecule has 1 N–H and O–H groups in total. The molecule has 0 unspecified atom stereocenters. The van der Waals surface area contributed by atoms with Crippen LogP contribution >= 0.6 is 0 Å². The number of cyclic esters (lactones) is 1. The fourth-order valence-electron chi connectivity index (χ4n) is 3.12. The zero-order valence-corrected chi connectivity index (χ0v) is 16.2. The van der Waals surface area contributed by atoms with Crippen molar-refractivity contribution in [1.82, 2.24) is 10.3 Å². The first-order valence-corrected chi connectivity index (χ1v) is 9.06. The SMILES string of the molecule is CC#Cc1nc2ccccc2cc1CNC(=O)C1=C[C@](CC)(OC)C(=O)OC1. The van der Waals surface area contributed by atoms with Gasteiger partial charge in [-0.3, -0.25) is 4.79 Å². The molecule has 6 heteroatoms. The summed E-state index contributed by atoms with van der Waals surface area (Å²) in [6, 6.07) is 9.73. The van der Waals surface area contributed by atoms with E-state index in [1.807, 2.05) is 30.3 Å². The van der Waals surface area contributed by atoms with Gasteiger partial charge in [0, 0.05) is 24.6 Å². The van der Waals surface area contributed by atoms with Gasteiger partial charge in [-0.2, -0.15) is 0 Å². The number of nitrogens with one attached hydrogen (secondary N) is 1. The van der Waals surface area contributed by atoms with Crippen molar-refractivity contribution in [3.8, 4) is 11.8 Å². The zero-order chi connectivity index (χ0) is 20.1. The van der Waals surface area contributed by atoms with Crippen LogP contribution in [0.5, 0.6) is 0 Å². The van der Waals surface area contributed by atoms with Gasteiger partial charge in [-0.05, 0) is 37.5 Å². The van der Waals surface area contributed by atoms with Crippen molar-refractivity contribution in [3.05, 3.63) is 53.2 Å². The number of hydrogen-bond donors (Lipinski definition) is 1. The van der Waals surface area contributed by atoms with Gasteiger partial charge in [0.2, 0.25) is 0 Å². The molecule has 144 valence electrons. The quantitative estimate of drug-likeness (QED) is 0.639. The maximum absolute atomic E-state index is 12.6. The van der Waals surface area contributed by atoms with Crippen LogP contribution < -0.4 is 5.32 Å². The molecule has 6 nitrogen and oxygen atoms in total. The monoisotopic (exact) mass is 378 g/mol. The van der Waals surface area contributed by atoms with Crippen molar-refractivity contribution < 1.29 is 19.1 Å². The molecule has 3 rings (SSSR count). The van der Waals surface area contributed by atoms with E-state index < -0.39 is 11.6 Å². The Kier molecular flexibility index (Phi) is 5.76. The third-order valence-corrected chi connectivity index (χ3v) is 4.78. The van der Waals surface area contributed by atoms with Gasteiger partial charge in [0.05, 0.1) is 11.1 Å². The van der Waals surface area contributed by atoms with Gasteiger partial charge in [0.15, 0.2) is 5.60 Å². The van der Waals surface area contributed by atoms with E-state index in [-0.39, 0.29) is 19.1 Å². The van der Waals surface area contributed by atoms with Crippen molar-refractivity contribution in [3.63, 3.8) is 0 Å². The number of pyridine rings is 1. The Hall–Kier alpha value is -3.17. The average molecular weight is 378 g/mol. The Balaban J connectivity index is 1.83. The molecule has 0 saturated carbocycles. The number of aromatic nitrogens is 1. The fraction of sp³-hybridized carbons (Fsp3) is 0.318. The van der Waals surface area contributed by atoms with E-state index >= 15 is 0 Å². The zero-order valence-electron chi connectivity index (χ0n) is 16.2. The van der Waals surface area contributed by atoms with Crippen LogP contribution in [0.25, 0.3) is 10.9 Å².